The number of rotatable bonds is 6. The topological polar surface area (TPSA) is 75.3 Å². The van der Waals surface area contributed by atoms with Gasteiger partial charge in [-0.05, 0) is 42.8 Å². The van der Waals surface area contributed by atoms with Crippen molar-refractivity contribution in [2.24, 2.45) is 0 Å². The van der Waals surface area contributed by atoms with Crippen molar-refractivity contribution in [1.29, 1.82) is 0 Å². The van der Waals surface area contributed by atoms with Crippen LogP contribution >= 0.6 is 0 Å². The van der Waals surface area contributed by atoms with E-state index >= 15 is 0 Å². The Kier molecular flexibility index (Phi) is 5.91. The molecule has 0 unspecified atom stereocenters. The zero-order valence-electron chi connectivity index (χ0n) is 13.8. The minimum atomic E-state index is -4.58. The molecular formula is C17H17F3N2O3S. The third-order valence-corrected chi connectivity index (χ3v) is 4.76. The summed E-state index contributed by atoms with van der Waals surface area (Å²) in [7, 11) is -4.15. The average Bonchev–Trinajstić information content (AvgIpc) is 2.59. The third kappa shape index (κ3) is 4.98. The van der Waals surface area contributed by atoms with Crippen molar-refractivity contribution in [3.05, 3.63) is 59.7 Å². The second-order valence-corrected chi connectivity index (χ2v) is 7.15. The normalized spacial score (nSPS) is 11.8. The number of halogens is 3. The Hall–Kier alpha value is -2.55. The fraction of sp³-hybridized carbons (Fsp3) is 0.235. The number of anilines is 1. The van der Waals surface area contributed by atoms with E-state index < -0.39 is 27.7 Å². The number of alkyl halides is 3. The number of nitrogens with one attached hydrogen (secondary N) is 2. The number of hydrogen-bond donors (Lipinski definition) is 2. The molecule has 2 rings (SSSR count). The first-order valence-electron chi connectivity index (χ1n) is 7.72. The fourth-order valence-corrected chi connectivity index (χ4v) is 3.21. The van der Waals surface area contributed by atoms with Crippen molar-refractivity contribution in [2.45, 2.75) is 24.4 Å². The van der Waals surface area contributed by atoms with Crippen LogP contribution in [0.15, 0.2) is 53.4 Å². The van der Waals surface area contributed by atoms with Gasteiger partial charge in [0.25, 0.3) is 15.9 Å². The summed E-state index contributed by atoms with van der Waals surface area (Å²) >= 11 is 0. The van der Waals surface area contributed by atoms with Gasteiger partial charge in [0.05, 0.1) is 10.5 Å². The summed E-state index contributed by atoms with van der Waals surface area (Å²) in [5.41, 5.74) is -1.04. The molecule has 0 aliphatic rings. The number of carbonyl (C=O) groups excluding carboxylic acids is 1. The fourth-order valence-electron chi connectivity index (χ4n) is 2.12. The number of benzene rings is 2. The molecule has 2 aromatic carbocycles. The Morgan fingerprint density at radius 3 is 2.42 bits per heavy atom. The van der Waals surface area contributed by atoms with E-state index in [0.717, 1.165) is 18.6 Å². The van der Waals surface area contributed by atoms with Crippen molar-refractivity contribution in [3.63, 3.8) is 0 Å². The quantitative estimate of drug-likeness (QED) is 0.796. The summed E-state index contributed by atoms with van der Waals surface area (Å²) < 4.78 is 65.2. The maximum Gasteiger partial charge on any atom is 0.416 e. The molecule has 2 aromatic rings. The molecule has 5 nitrogen and oxygen atoms in total. The van der Waals surface area contributed by atoms with Crippen molar-refractivity contribution in [1.82, 2.24) is 5.32 Å². The van der Waals surface area contributed by atoms with Crippen LogP contribution in [0.25, 0.3) is 0 Å². The molecule has 0 aliphatic carbocycles. The lowest BCUT2D eigenvalue weighted by Crippen LogP contribution is -2.24. The van der Waals surface area contributed by atoms with E-state index in [1.165, 1.54) is 30.3 Å². The molecule has 0 bridgehead atoms. The summed E-state index contributed by atoms with van der Waals surface area (Å²) in [6.45, 7) is 2.32. The molecule has 0 saturated carbocycles. The highest BCUT2D eigenvalue weighted by Gasteiger charge is 2.30. The SMILES string of the molecule is CCCNC(=O)c1cccc(S(=O)(=O)Nc2cccc(C(F)(F)F)c2)c1. The first-order chi connectivity index (χ1) is 12.1. The summed E-state index contributed by atoms with van der Waals surface area (Å²) in [5.74, 6) is -0.428. The van der Waals surface area contributed by atoms with E-state index in [-0.39, 0.29) is 16.1 Å². The third-order valence-electron chi connectivity index (χ3n) is 3.38. The smallest absolute Gasteiger partial charge is 0.352 e. The molecular weight excluding hydrogens is 369 g/mol. The molecule has 0 aliphatic heterocycles. The maximum atomic E-state index is 12.7. The van der Waals surface area contributed by atoms with Gasteiger partial charge >= 0.3 is 6.18 Å². The van der Waals surface area contributed by atoms with Gasteiger partial charge in [0.2, 0.25) is 0 Å². The van der Waals surface area contributed by atoms with Gasteiger partial charge in [0, 0.05) is 17.8 Å². The van der Waals surface area contributed by atoms with Crippen LogP contribution in [0.3, 0.4) is 0 Å². The van der Waals surface area contributed by atoms with E-state index in [1.807, 2.05) is 6.92 Å². The molecule has 2 N–H and O–H groups in total. The number of hydrogen-bond acceptors (Lipinski definition) is 3. The zero-order chi connectivity index (χ0) is 19.4. The highest BCUT2D eigenvalue weighted by Crippen LogP contribution is 2.31. The van der Waals surface area contributed by atoms with Crippen LogP contribution in [-0.4, -0.2) is 20.9 Å². The average molecular weight is 386 g/mol. The van der Waals surface area contributed by atoms with Crippen molar-refractivity contribution < 1.29 is 26.4 Å². The molecule has 0 aromatic heterocycles. The van der Waals surface area contributed by atoms with Crippen LogP contribution in [0.4, 0.5) is 18.9 Å². The van der Waals surface area contributed by atoms with Crippen LogP contribution in [-0.2, 0) is 16.2 Å². The summed E-state index contributed by atoms with van der Waals surface area (Å²) in [5, 5.41) is 2.62. The Labute approximate surface area is 149 Å². The molecule has 0 atom stereocenters. The van der Waals surface area contributed by atoms with Gasteiger partial charge in [-0.2, -0.15) is 13.2 Å². The van der Waals surface area contributed by atoms with Crippen LogP contribution in [0.1, 0.15) is 29.3 Å². The van der Waals surface area contributed by atoms with Crippen LogP contribution in [0.5, 0.6) is 0 Å². The predicted octanol–water partition coefficient (Wildman–Crippen LogP) is 3.65. The molecule has 9 heteroatoms. The minimum absolute atomic E-state index is 0.144. The second-order valence-electron chi connectivity index (χ2n) is 5.47. The summed E-state index contributed by atoms with van der Waals surface area (Å²) in [6.07, 6.45) is -3.86. The minimum Gasteiger partial charge on any atom is -0.352 e. The lowest BCUT2D eigenvalue weighted by Gasteiger charge is -2.12. The van der Waals surface area contributed by atoms with E-state index in [2.05, 4.69) is 10.0 Å². The van der Waals surface area contributed by atoms with Crippen LogP contribution in [0, 0.1) is 0 Å². The number of carbonyl (C=O) groups is 1. The van der Waals surface area contributed by atoms with E-state index in [9.17, 15) is 26.4 Å². The van der Waals surface area contributed by atoms with Crippen LogP contribution in [0.2, 0.25) is 0 Å². The highest BCUT2D eigenvalue weighted by molar-refractivity contribution is 7.92. The van der Waals surface area contributed by atoms with E-state index in [0.29, 0.717) is 12.6 Å². The lowest BCUT2D eigenvalue weighted by molar-refractivity contribution is -0.137. The maximum absolute atomic E-state index is 12.7. The second kappa shape index (κ2) is 7.77. The monoisotopic (exact) mass is 386 g/mol. The van der Waals surface area contributed by atoms with Crippen molar-refractivity contribution in [3.8, 4) is 0 Å². The van der Waals surface area contributed by atoms with Gasteiger partial charge in [-0.3, -0.25) is 9.52 Å². The molecule has 26 heavy (non-hydrogen) atoms. The van der Waals surface area contributed by atoms with E-state index in [4.69, 9.17) is 0 Å². The van der Waals surface area contributed by atoms with Gasteiger partial charge in [-0.1, -0.05) is 19.1 Å². The highest BCUT2D eigenvalue weighted by atomic mass is 32.2. The Morgan fingerprint density at radius 1 is 1.08 bits per heavy atom. The largest absolute Gasteiger partial charge is 0.416 e. The van der Waals surface area contributed by atoms with Gasteiger partial charge in [-0.25, -0.2) is 8.42 Å². The summed E-state index contributed by atoms with van der Waals surface area (Å²) in [4.78, 5) is 11.7. The molecule has 0 spiro atoms. The molecule has 0 fully saturated rings. The van der Waals surface area contributed by atoms with E-state index in [1.54, 1.807) is 0 Å². The molecule has 0 heterocycles. The number of amides is 1. The van der Waals surface area contributed by atoms with Gasteiger partial charge in [0.15, 0.2) is 0 Å². The summed E-state index contributed by atoms with van der Waals surface area (Å²) in [6, 6.07) is 9.13. The van der Waals surface area contributed by atoms with Crippen LogP contribution < -0.4 is 10.0 Å². The molecule has 140 valence electrons. The lowest BCUT2D eigenvalue weighted by atomic mass is 10.2. The Morgan fingerprint density at radius 2 is 1.77 bits per heavy atom. The molecule has 0 saturated heterocycles. The van der Waals surface area contributed by atoms with Gasteiger partial charge < -0.3 is 5.32 Å². The van der Waals surface area contributed by atoms with Crippen molar-refractivity contribution in [2.75, 3.05) is 11.3 Å². The van der Waals surface area contributed by atoms with Crippen molar-refractivity contribution >= 4 is 21.6 Å². The number of sulfonamides is 1. The molecule has 0 radical (unpaired) electrons. The zero-order valence-corrected chi connectivity index (χ0v) is 14.6. The first kappa shape index (κ1) is 19.8. The standard InChI is InChI=1S/C17H17F3N2O3S/c1-2-9-21-16(23)12-5-3-8-15(10-12)26(24,25)22-14-7-4-6-13(11-14)17(18,19)20/h3-8,10-11,22H,2,9H2,1H3,(H,21,23). The Bertz CT molecular complexity index is 896. The van der Waals surface area contributed by atoms with Gasteiger partial charge in [0.1, 0.15) is 0 Å². The predicted molar refractivity (Wildman–Crippen MR) is 91.3 cm³/mol. The Balaban J connectivity index is 2.27. The molecule has 1 amide bonds. The van der Waals surface area contributed by atoms with Gasteiger partial charge in [-0.15, -0.1) is 0 Å². The first-order valence-corrected chi connectivity index (χ1v) is 9.20.